The lowest BCUT2D eigenvalue weighted by Gasteiger charge is -2.31. The van der Waals surface area contributed by atoms with Crippen LogP contribution in [0.4, 0.5) is 0 Å². The summed E-state index contributed by atoms with van der Waals surface area (Å²) in [6, 6.07) is 1.03. The summed E-state index contributed by atoms with van der Waals surface area (Å²) in [6.07, 6.45) is 0.281. The van der Waals surface area contributed by atoms with Crippen LogP contribution in [-0.2, 0) is 18.4 Å². The Hall–Kier alpha value is -0.476. The van der Waals surface area contributed by atoms with E-state index in [1.54, 1.807) is 6.92 Å². The quantitative estimate of drug-likeness (QED) is 0.269. The van der Waals surface area contributed by atoms with Crippen LogP contribution in [-0.4, -0.2) is 53.6 Å². The molecule has 0 bridgehead atoms. The molecule has 0 aliphatic rings. The molecule has 0 aromatic carbocycles. The molecular weight excluding hydrogens is 316 g/mol. The summed E-state index contributed by atoms with van der Waals surface area (Å²) in [5.74, 6) is -0.500. The van der Waals surface area contributed by atoms with Crippen molar-refractivity contribution in [3.63, 3.8) is 0 Å². The Bertz CT molecular complexity index is 363. The van der Waals surface area contributed by atoms with E-state index in [1.165, 1.54) is 0 Å². The summed E-state index contributed by atoms with van der Waals surface area (Å²) in [5.41, 5.74) is 0.315. The lowest BCUT2D eigenvalue weighted by atomic mass is 10.3. The van der Waals surface area contributed by atoms with E-state index in [0.29, 0.717) is 12.2 Å². The molecule has 130 valence electrons. The summed E-state index contributed by atoms with van der Waals surface area (Å²) in [6.45, 7) is 16.7. The maximum absolute atomic E-state index is 11.4. The molecule has 0 aromatic rings. The Morgan fingerprint density at radius 1 is 1.23 bits per heavy atom. The average Bonchev–Trinajstić information content (AvgIpc) is 2.33. The third-order valence-corrected chi connectivity index (χ3v) is 9.00. The van der Waals surface area contributed by atoms with E-state index in [4.69, 9.17) is 13.6 Å². The van der Waals surface area contributed by atoms with Gasteiger partial charge in [0.1, 0.15) is 6.10 Å². The maximum atomic E-state index is 11.4. The largest absolute Gasteiger partial charge is 0.456 e. The lowest BCUT2D eigenvalue weighted by molar-refractivity contribution is -0.149. The van der Waals surface area contributed by atoms with Gasteiger partial charge in [0.25, 0.3) is 0 Å². The first-order valence-electron chi connectivity index (χ1n) is 7.72. The van der Waals surface area contributed by atoms with Crippen LogP contribution in [0.5, 0.6) is 0 Å². The molecule has 0 fully saturated rings. The minimum atomic E-state index is -1.63. The van der Waals surface area contributed by atoms with Crippen molar-refractivity contribution in [3.8, 4) is 0 Å². The van der Waals surface area contributed by atoms with Crippen molar-refractivity contribution in [2.24, 2.45) is 0 Å². The highest BCUT2D eigenvalue weighted by Crippen LogP contribution is 2.19. The summed E-state index contributed by atoms with van der Waals surface area (Å²) >= 11 is 0. The van der Waals surface area contributed by atoms with E-state index < -0.39 is 28.7 Å². The van der Waals surface area contributed by atoms with Crippen LogP contribution in [0.3, 0.4) is 0 Å². The summed E-state index contributed by atoms with van der Waals surface area (Å²) in [4.78, 5) is 11.4. The van der Waals surface area contributed by atoms with Crippen LogP contribution < -0.4 is 0 Å². The van der Waals surface area contributed by atoms with Crippen molar-refractivity contribution in [2.75, 3.05) is 19.8 Å². The van der Waals surface area contributed by atoms with Crippen molar-refractivity contribution in [3.05, 3.63) is 12.2 Å². The smallest absolute Gasteiger partial charge is 0.333 e. The predicted octanol–water partition coefficient (Wildman–Crippen LogP) is 2.93. The van der Waals surface area contributed by atoms with Crippen LogP contribution in [0, 0.1) is 0 Å². The lowest BCUT2D eigenvalue weighted by Crippen LogP contribution is -2.42. The van der Waals surface area contributed by atoms with Gasteiger partial charge >= 0.3 is 5.97 Å². The van der Waals surface area contributed by atoms with Gasteiger partial charge in [0.2, 0.25) is 0 Å². The first-order chi connectivity index (χ1) is 9.97. The van der Waals surface area contributed by atoms with Crippen LogP contribution >= 0.6 is 0 Å². The predicted molar refractivity (Wildman–Crippen MR) is 93.9 cm³/mol. The van der Waals surface area contributed by atoms with Gasteiger partial charge in [-0.25, -0.2) is 4.79 Å². The second kappa shape index (κ2) is 9.62. The van der Waals surface area contributed by atoms with Crippen LogP contribution in [0.15, 0.2) is 12.2 Å². The van der Waals surface area contributed by atoms with E-state index in [9.17, 15) is 9.90 Å². The van der Waals surface area contributed by atoms with Gasteiger partial charge in [-0.1, -0.05) is 6.58 Å². The summed E-state index contributed by atoms with van der Waals surface area (Å²) in [7, 11) is -3.12. The number of ether oxygens (including phenoxy) is 2. The van der Waals surface area contributed by atoms with Gasteiger partial charge in [-0.15, -0.1) is 0 Å². The summed E-state index contributed by atoms with van der Waals surface area (Å²) < 4.78 is 16.8. The third-order valence-electron chi connectivity index (χ3n) is 2.78. The highest BCUT2D eigenvalue weighted by atomic mass is 28.4. The zero-order valence-corrected chi connectivity index (χ0v) is 16.9. The molecule has 1 atom stereocenters. The molecule has 5 nitrogen and oxygen atoms in total. The fourth-order valence-corrected chi connectivity index (χ4v) is 10.1. The van der Waals surface area contributed by atoms with E-state index in [0.717, 1.165) is 12.5 Å². The van der Waals surface area contributed by atoms with Gasteiger partial charge in [0.05, 0.1) is 13.2 Å². The molecular formula is C15H32O5Si2. The molecule has 1 unspecified atom stereocenters. The second-order valence-electron chi connectivity index (χ2n) is 7.14. The molecule has 0 rings (SSSR count). The molecule has 0 heterocycles. The Kier molecular flexibility index (Phi) is 9.41. The highest BCUT2D eigenvalue weighted by molar-refractivity contribution is 6.84. The van der Waals surface area contributed by atoms with Gasteiger partial charge in [-0.2, -0.15) is 0 Å². The third kappa shape index (κ3) is 11.1. The van der Waals surface area contributed by atoms with Gasteiger partial charge < -0.3 is 18.7 Å². The molecule has 0 radical (unpaired) electrons. The maximum Gasteiger partial charge on any atom is 0.333 e. The van der Waals surface area contributed by atoms with E-state index in [1.807, 2.05) is 0 Å². The number of esters is 1. The Balaban J connectivity index is 3.96. The topological polar surface area (TPSA) is 65.0 Å². The fourth-order valence-electron chi connectivity index (χ4n) is 2.07. The normalized spacial score (nSPS) is 13.8. The van der Waals surface area contributed by atoms with Crippen molar-refractivity contribution >= 4 is 22.6 Å². The number of hydrogen-bond donors (Lipinski definition) is 1. The van der Waals surface area contributed by atoms with E-state index in [-0.39, 0.29) is 13.2 Å². The molecule has 0 aliphatic carbocycles. The van der Waals surface area contributed by atoms with Crippen LogP contribution in [0.25, 0.3) is 0 Å². The van der Waals surface area contributed by atoms with Crippen molar-refractivity contribution in [2.45, 2.75) is 58.2 Å². The van der Waals surface area contributed by atoms with Crippen molar-refractivity contribution in [1.29, 1.82) is 0 Å². The molecule has 0 saturated carbocycles. The van der Waals surface area contributed by atoms with E-state index >= 15 is 0 Å². The first kappa shape index (κ1) is 21.5. The number of carbonyl (C=O) groups excluding carboxylic acids is 1. The van der Waals surface area contributed by atoms with Gasteiger partial charge in [-0.05, 0) is 52.1 Å². The van der Waals surface area contributed by atoms with E-state index in [2.05, 4.69) is 39.3 Å². The summed E-state index contributed by atoms with van der Waals surface area (Å²) in [5, 5.41) is 9.17. The molecule has 7 heteroatoms. The number of hydrogen-bond acceptors (Lipinski definition) is 5. The fraction of sp³-hybridized carbons (Fsp3) is 0.800. The van der Waals surface area contributed by atoms with Gasteiger partial charge in [-0.3, -0.25) is 0 Å². The van der Waals surface area contributed by atoms with Crippen LogP contribution in [0.1, 0.15) is 13.3 Å². The first-order valence-corrected chi connectivity index (χ1v) is 14.2. The molecule has 0 aliphatic heterocycles. The van der Waals surface area contributed by atoms with Gasteiger partial charge in [0, 0.05) is 12.2 Å². The van der Waals surface area contributed by atoms with Crippen molar-refractivity contribution in [1.82, 2.24) is 0 Å². The number of aliphatic hydroxyl groups is 1. The second-order valence-corrected chi connectivity index (χ2v) is 16.2. The zero-order valence-electron chi connectivity index (χ0n) is 14.9. The SMILES string of the molecule is C=C(C)C(=O)OC(CO)COCCC[Si](C)(C)O[Si](C)(C)C. The Morgan fingerprint density at radius 2 is 1.82 bits per heavy atom. The molecule has 1 N–H and O–H groups in total. The highest BCUT2D eigenvalue weighted by Gasteiger charge is 2.28. The molecule has 0 aromatic heterocycles. The molecule has 0 spiro atoms. The minimum absolute atomic E-state index is 0.201. The number of carbonyl (C=O) groups is 1. The average molecular weight is 349 g/mol. The molecule has 0 saturated heterocycles. The molecule has 22 heavy (non-hydrogen) atoms. The zero-order chi connectivity index (χ0) is 17.4. The number of rotatable bonds is 11. The van der Waals surface area contributed by atoms with Crippen molar-refractivity contribution < 1.29 is 23.5 Å². The number of aliphatic hydroxyl groups excluding tert-OH is 1. The Labute approximate surface area is 136 Å². The molecule has 0 amide bonds. The Morgan fingerprint density at radius 3 is 2.27 bits per heavy atom. The van der Waals surface area contributed by atoms with Gasteiger partial charge in [0.15, 0.2) is 16.6 Å². The minimum Gasteiger partial charge on any atom is -0.456 e. The monoisotopic (exact) mass is 348 g/mol. The standard InChI is InChI=1S/C15H32O5Si2/c1-13(2)15(17)19-14(11-16)12-18-9-8-10-22(6,7)20-21(3,4)5/h14,16H,1,8-12H2,2-7H3. The van der Waals surface area contributed by atoms with Crippen LogP contribution in [0.2, 0.25) is 38.8 Å².